The summed E-state index contributed by atoms with van der Waals surface area (Å²) >= 11 is 3.53. The van der Waals surface area contributed by atoms with E-state index in [-0.39, 0.29) is 11.8 Å². The molecule has 1 amide bonds. The van der Waals surface area contributed by atoms with E-state index in [1.807, 2.05) is 24.3 Å². The van der Waals surface area contributed by atoms with Crippen LogP contribution in [-0.4, -0.2) is 16.6 Å². The van der Waals surface area contributed by atoms with E-state index in [1.165, 1.54) is 12.8 Å². The van der Waals surface area contributed by atoms with Gasteiger partial charge in [0.05, 0.1) is 18.2 Å². The molecule has 3 nitrogen and oxygen atoms in total. The molecule has 0 bridgehead atoms. The van der Waals surface area contributed by atoms with E-state index >= 15 is 0 Å². The highest BCUT2D eigenvalue weighted by molar-refractivity contribution is 9.10. The summed E-state index contributed by atoms with van der Waals surface area (Å²) < 4.78 is 1.04. The number of carbonyl (C=O) groups is 1. The second kappa shape index (κ2) is 5.45. The molecule has 1 aromatic carbocycles. The molecule has 3 rings (SSSR count). The summed E-state index contributed by atoms with van der Waals surface area (Å²) in [7, 11) is 0. The molecular weight excluding hydrogens is 304 g/mol. The van der Waals surface area contributed by atoms with Crippen LogP contribution in [-0.2, 0) is 11.3 Å². The van der Waals surface area contributed by atoms with Crippen molar-refractivity contribution in [3.8, 4) is 0 Å². The van der Waals surface area contributed by atoms with Crippen LogP contribution in [0, 0.1) is 5.92 Å². The topological polar surface area (TPSA) is 32.7 Å². The third-order valence-corrected chi connectivity index (χ3v) is 4.68. The van der Waals surface area contributed by atoms with Gasteiger partial charge in [-0.15, -0.1) is 0 Å². The van der Waals surface area contributed by atoms with Crippen LogP contribution in [0.1, 0.15) is 37.7 Å². The first kappa shape index (κ1) is 12.9. The summed E-state index contributed by atoms with van der Waals surface area (Å²) in [6, 6.07) is 8.01. The molecule has 100 valence electrons. The van der Waals surface area contributed by atoms with Gasteiger partial charge < -0.3 is 0 Å². The van der Waals surface area contributed by atoms with E-state index in [9.17, 15) is 4.79 Å². The number of rotatable bonds is 2. The maximum absolute atomic E-state index is 12.4. The van der Waals surface area contributed by atoms with Crippen molar-refractivity contribution in [1.29, 1.82) is 0 Å². The summed E-state index contributed by atoms with van der Waals surface area (Å²) in [6.45, 7) is 0.570. The maximum Gasteiger partial charge on any atom is 0.251 e. The normalized spacial score (nSPS) is 23.0. The van der Waals surface area contributed by atoms with Gasteiger partial charge >= 0.3 is 0 Å². The second-order valence-corrected chi connectivity index (χ2v) is 6.08. The summed E-state index contributed by atoms with van der Waals surface area (Å²) in [5.41, 5.74) is 2.21. The van der Waals surface area contributed by atoms with Gasteiger partial charge in [0.25, 0.3) is 5.91 Å². The number of fused-ring (bicyclic) bond motifs is 1. The van der Waals surface area contributed by atoms with Gasteiger partial charge in [-0.3, -0.25) is 4.79 Å². The van der Waals surface area contributed by atoms with Crippen molar-refractivity contribution >= 4 is 27.5 Å². The minimum atomic E-state index is 0.0602. The lowest BCUT2D eigenvalue weighted by Gasteiger charge is -2.15. The van der Waals surface area contributed by atoms with Crippen molar-refractivity contribution in [2.24, 2.45) is 11.0 Å². The van der Waals surface area contributed by atoms with E-state index in [0.29, 0.717) is 6.54 Å². The molecule has 19 heavy (non-hydrogen) atoms. The van der Waals surface area contributed by atoms with E-state index in [1.54, 1.807) is 5.01 Å². The molecule has 2 aliphatic rings. The van der Waals surface area contributed by atoms with E-state index in [4.69, 9.17) is 0 Å². The Hall–Kier alpha value is -1.16. The number of hydrazone groups is 1. The maximum atomic E-state index is 12.4. The Morgan fingerprint density at radius 1 is 1.26 bits per heavy atom. The van der Waals surface area contributed by atoms with Gasteiger partial charge in [-0.1, -0.05) is 47.0 Å². The Kier molecular flexibility index (Phi) is 3.69. The van der Waals surface area contributed by atoms with Crippen LogP contribution in [0.3, 0.4) is 0 Å². The molecule has 0 N–H and O–H groups in total. The van der Waals surface area contributed by atoms with Gasteiger partial charge in [-0.25, -0.2) is 5.01 Å². The van der Waals surface area contributed by atoms with Crippen LogP contribution in [0.4, 0.5) is 0 Å². The summed E-state index contributed by atoms with van der Waals surface area (Å²) in [6.07, 6.45) is 5.52. The number of amides is 1. The zero-order valence-electron chi connectivity index (χ0n) is 10.8. The fourth-order valence-electron chi connectivity index (χ4n) is 2.84. The van der Waals surface area contributed by atoms with Gasteiger partial charge in [-0.05, 0) is 30.9 Å². The Balaban J connectivity index is 1.79. The van der Waals surface area contributed by atoms with Gasteiger partial charge in [0.1, 0.15) is 0 Å². The van der Waals surface area contributed by atoms with Crippen LogP contribution >= 0.6 is 15.9 Å². The van der Waals surface area contributed by atoms with E-state index < -0.39 is 0 Å². The molecule has 0 radical (unpaired) electrons. The highest BCUT2D eigenvalue weighted by Crippen LogP contribution is 2.29. The average Bonchev–Trinajstić information content (AvgIpc) is 2.60. The summed E-state index contributed by atoms with van der Waals surface area (Å²) in [5.74, 6) is 0.248. The quantitative estimate of drug-likeness (QED) is 0.817. The zero-order chi connectivity index (χ0) is 13.2. The first-order valence-electron chi connectivity index (χ1n) is 6.88. The number of halogens is 1. The van der Waals surface area contributed by atoms with Crippen LogP contribution < -0.4 is 0 Å². The molecule has 1 saturated carbocycles. The third kappa shape index (κ3) is 2.59. The Bertz CT molecular complexity index is 527. The van der Waals surface area contributed by atoms with Gasteiger partial charge in [-0.2, -0.15) is 5.10 Å². The zero-order valence-corrected chi connectivity index (χ0v) is 12.4. The highest BCUT2D eigenvalue weighted by atomic mass is 79.9. The third-order valence-electron chi connectivity index (χ3n) is 3.91. The van der Waals surface area contributed by atoms with Crippen LogP contribution in [0.15, 0.2) is 33.8 Å². The Labute approximate surface area is 121 Å². The van der Waals surface area contributed by atoms with Crippen molar-refractivity contribution in [3.63, 3.8) is 0 Å². The molecule has 1 atom stereocenters. The number of benzene rings is 1. The van der Waals surface area contributed by atoms with E-state index in [2.05, 4.69) is 21.0 Å². The number of carbonyl (C=O) groups excluding carboxylic acids is 1. The minimum absolute atomic E-state index is 0.0602. The summed E-state index contributed by atoms with van der Waals surface area (Å²) in [4.78, 5) is 12.4. The standard InChI is InChI=1S/C15H17BrN2O/c16-13-8-5-4-6-11(13)10-18-15(19)12-7-2-1-3-9-14(12)17-18/h4-6,8,12H,1-3,7,9-10H2. The predicted octanol–water partition coefficient (Wildman–Crippen LogP) is 3.73. The van der Waals surface area contributed by atoms with Gasteiger partial charge in [0.15, 0.2) is 0 Å². The molecule has 1 heterocycles. The van der Waals surface area contributed by atoms with Crippen LogP contribution in [0.2, 0.25) is 0 Å². The fourth-order valence-corrected chi connectivity index (χ4v) is 3.25. The summed E-state index contributed by atoms with van der Waals surface area (Å²) in [5, 5.41) is 6.23. The lowest BCUT2D eigenvalue weighted by atomic mass is 9.98. The van der Waals surface area contributed by atoms with Crippen molar-refractivity contribution in [1.82, 2.24) is 5.01 Å². The predicted molar refractivity (Wildman–Crippen MR) is 78.7 cm³/mol. The Morgan fingerprint density at radius 2 is 2.11 bits per heavy atom. The van der Waals surface area contributed by atoms with E-state index in [0.717, 1.165) is 35.0 Å². The van der Waals surface area contributed by atoms with Gasteiger partial charge in [0, 0.05) is 4.47 Å². The van der Waals surface area contributed by atoms with Crippen LogP contribution in [0.25, 0.3) is 0 Å². The molecule has 1 aliphatic heterocycles. The fraction of sp³-hybridized carbons (Fsp3) is 0.467. The SMILES string of the molecule is O=C1C2CCCCCC2=NN1Cc1ccccc1Br. The molecule has 0 spiro atoms. The molecule has 1 aliphatic carbocycles. The monoisotopic (exact) mass is 320 g/mol. The highest BCUT2D eigenvalue weighted by Gasteiger charge is 2.35. The van der Waals surface area contributed by atoms with Crippen molar-refractivity contribution in [3.05, 3.63) is 34.3 Å². The number of nitrogens with zero attached hydrogens (tertiary/aromatic N) is 2. The first-order chi connectivity index (χ1) is 9.25. The lowest BCUT2D eigenvalue weighted by Crippen LogP contribution is -2.27. The molecule has 1 aromatic rings. The lowest BCUT2D eigenvalue weighted by molar-refractivity contribution is -0.132. The van der Waals surface area contributed by atoms with Gasteiger partial charge in [0.2, 0.25) is 0 Å². The smallest absolute Gasteiger partial charge is 0.251 e. The first-order valence-corrected chi connectivity index (χ1v) is 7.67. The van der Waals surface area contributed by atoms with Crippen molar-refractivity contribution < 1.29 is 4.79 Å². The second-order valence-electron chi connectivity index (χ2n) is 5.23. The molecule has 0 saturated heterocycles. The molecular formula is C15H17BrN2O. The number of hydrogen-bond donors (Lipinski definition) is 0. The van der Waals surface area contributed by atoms with Crippen molar-refractivity contribution in [2.45, 2.75) is 38.6 Å². The molecule has 4 heteroatoms. The largest absolute Gasteiger partial charge is 0.272 e. The van der Waals surface area contributed by atoms with Crippen molar-refractivity contribution in [2.75, 3.05) is 0 Å². The molecule has 1 fully saturated rings. The van der Waals surface area contributed by atoms with Crippen LogP contribution in [0.5, 0.6) is 0 Å². The molecule has 0 aromatic heterocycles. The number of hydrogen-bond acceptors (Lipinski definition) is 2. The molecule has 1 unspecified atom stereocenters. The average molecular weight is 321 g/mol. The Morgan fingerprint density at radius 3 is 2.95 bits per heavy atom. The minimum Gasteiger partial charge on any atom is -0.272 e.